The van der Waals surface area contributed by atoms with Crippen LogP contribution in [0.1, 0.15) is 6.92 Å². The highest BCUT2D eigenvalue weighted by molar-refractivity contribution is 7.81. The smallest absolute Gasteiger partial charge is 0.338 e. The van der Waals surface area contributed by atoms with Crippen molar-refractivity contribution >= 4 is 26.5 Å². The first kappa shape index (κ1) is 13.7. The third-order valence-electron chi connectivity index (χ3n) is 1.14. The minimum absolute atomic E-state index is 0.000656. The Labute approximate surface area is 88.6 Å². The van der Waals surface area contributed by atoms with E-state index in [1.54, 1.807) is 0 Å². The van der Waals surface area contributed by atoms with Gasteiger partial charge in [0, 0.05) is 12.2 Å². The van der Waals surface area contributed by atoms with E-state index in [-0.39, 0.29) is 13.2 Å². The zero-order chi connectivity index (χ0) is 11.2. The summed E-state index contributed by atoms with van der Waals surface area (Å²) in [5.74, 6) is -0.508. The predicted octanol–water partition coefficient (Wildman–Crippen LogP) is 1.81. The van der Waals surface area contributed by atoms with Gasteiger partial charge in [-0.05, 0) is 19.8 Å². The lowest BCUT2D eigenvalue weighted by Gasteiger charge is -2.10. The number of esters is 1. The van der Waals surface area contributed by atoms with Crippen LogP contribution in [0.5, 0.6) is 0 Å². The van der Waals surface area contributed by atoms with Crippen molar-refractivity contribution in [3.8, 4) is 0 Å². The molecule has 1 atom stereocenters. The number of carbonyl (C=O) groups excluding carboxylic acids is 1. The van der Waals surface area contributed by atoms with Crippen LogP contribution in [-0.4, -0.2) is 25.8 Å². The van der Waals surface area contributed by atoms with Gasteiger partial charge in [0.25, 0.3) is 0 Å². The van der Waals surface area contributed by atoms with Gasteiger partial charge in [-0.25, -0.2) is 8.76 Å². The van der Waals surface area contributed by atoms with Gasteiger partial charge in [0.1, 0.15) is 6.61 Å². The Bertz CT molecular complexity index is 265. The number of thiol groups is 1. The van der Waals surface area contributed by atoms with E-state index in [4.69, 9.17) is 4.52 Å². The quantitative estimate of drug-likeness (QED) is 0.191. The van der Waals surface area contributed by atoms with E-state index in [0.29, 0.717) is 5.57 Å². The number of carbonyl (C=O) groups is 1. The van der Waals surface area contributed by atoms with Crippen molar-refractivity contribution in [2.45, 2.75) is 6.92 Å². The van der Waals surface area contributed by atoms with Gasteiger partial charge in [-0.1, -0.05) is 6.58 Å². The van der Waals surface area contributed by atoms with E-state index in [1.807, 2.05) is 0 Å². The predicted molar refractivity (Wildman–Crippen MR) is 55.3 cm³/mol. The van der Waals surface area contributed by atoms with Crippen LogP contribution >= 0.6 is 20.5 Å². The van der Waals surface area contributed by atoms with Crippen molar-refractivity contribution in [1.82, 2.24) is 0 Å². The molecule has 0 aromatic rings. The van der Waals surface area contributed by atoms with E-state index >= 15 is 0 Å². The normalized spacial score (nSPS) is 14.5. The molecule has 0 saturated carbocycles. The molecule has 0 N–H and O–H groups in total. The molecule has 0 fully saturated rings. The Balaban J connectivity index is 3.62. The van der Waals surface area contributed by atoms with Crippen LogP contribution in [0.4, 0.5) is 0 Å². The summed E-state index contributed by atoms with van der Waals surface area (Å²) in [7, 11) is -3.11. The standard InChI is InChI=1S/C7H13O5PS/c1-6(2)7(8)10-4-5-11-13(3,9)12-14/h14H,1,4-5H2,2-3H3. The van der Waals surface area contributed by atoms with Crippen molar-refractivity contribution in [2.24, 2.45) is 0 Å². The van der Waals surface area contributed by atoms with Crippen molar-refractivity contribution < 1.29 is 22.6 Å². The summed E-state index contributed by atoms with van der Waals surface area (Å²) < 4.78 is 24.8. The Morgan fingerprint density at radius 3 is 2.50 bits per heavy atom. The molecule has 5 nitrogen and oxygen atoms in total. The minimum Gasteiger partial charge on any atom is -0.460 e. The van der Waals surface area contributed by atoms with Gasteiger partial charge in [0.15, 0.2) is 0 Å². The Hall–Kier alpha value is -0.290. The van der Waals surface area contributed by atoms with Gasteiger partial charge in [-0.3, -0.25) is 4.57 Å². The van der Waals surface area contributed by atoms with Crippen molar-refractivity contribution in [1.29, 1.82) is 0 Å². The molecule has 0 aliphatic carbocycles. The molecular weight excluding hydrogens is 227 g/mol. The van der Waals surface area contributed by atoms with E-state index < -0.39 is 13.6 Å². The maximum Gasteiger partial charge on any atom is 0.338 e. The largest absolute Gasteiger partial charge is 0.460 e. The van der Waals surface area contributed by atoms with E-state index in [2.05, 4.69) is 28.2 Å². The molecule has 0 aromatic heterocycles. The number of hydrogen-bond donors (Lipinski definition) is 1. The zero-order valence-electron chi connectivity index (χ0n) is 8.06. The van der Waals surface area contributed by atoms with Crippen LogP contribution in [0, 0.1) is 0 Å². The highest BCUT2D eigenvalue weighted by Gasteiger charge is 2.15. The summed E-state index contributed by atoms with van der Waals surface area (Å²) in [5.41, 5.74) is 0.301. The summed E-state index contributed by atoms with van der Waals surface area (Å²) in [5, 5.41) is 0. The molecule has 1 unspecified atom stereocenters. The Morgan fingerprint density at radius 2 is 2.07 bits per heavy atom. The molecule has 0 bridgehead atoms. The van der Waals surface area contributed by atoms with Crippen LogP contribution in [0.2, 0.25) is 0 Å². The molecule has 0 spiro atoms. The molecule has 0 rings (SSSR count). The van der Waals surface area contributed by atoms with Crippen LogP contribution in [0.15, 0.2) is 12.2 Å². The van der Waals surface area contributed by atoms with Crippen molar-refractivity contribution in [3.63, 3.8) is 0 Å². The lowest BCUT2D eigenvalue weighted by molar-refractivity contribution is -0.139. The third kappa shape index (κ3) is 6.21. The first-order valence-electron chi connectivity index (χ1n) is 3.77. The van der Waals surface area contributed by atoms with Gasteiger partial charge >= 0.3 is 13.6 Å². The topological polar surface area (TPSA) is 61.8 Å². The minimum atomic E-state index is -3.11. The van der Waals surface area contributed by atoms with Crippen molar-refractivity contribution in [2.75, 3.05) is 19.9 Å². The van der Waals surface area contributed by atoms with Gasteiger partial charge in [-0.2, -0.15) is 0 Å². The first-order chi connectivity index (χ1) is 6.39. The van der Waals surface area contributed by atoms with Gasteiger partial charge in [-0.15, -0.1) is 0 Å². The monoisotopic (exact) mass is 240 g/mol. The lowest BCUT2D eigenvalue weighted by atomic mass is 10.4. The molecular formula is C7H13O5PS. The highest BCUT2D eigenvalue weighted by Crippen LogP contribution is 2.44. The number of ether oxygens (including phenoxy) is 1. The summed E-state index contributed by atoms with van der Waals surface area (Å²) in [6, 6.07) is 0. The summed E-state index contributed by atoms with van der Waals surface area (Å²) >= 11 is 3.37. The third-order valence-corrected chi connectivity index (χ3v) is 2.98. The van der Waals surface area contributed by atoms with E-state index in [9.17, 15) is 9.36 Å². The maximum absolute atomic E-state index is 11.1. The van der Waals surface area contributed by atoms with E-state index in [0.717, 1.165) is 0 Å². The van der Waals surface area contributed by atoms with Crippen LogP contribution in [0.3, 0.4) is 0 Å². The highest BCUT2D eigenvalue weighted by atomic mass is 32.1. The molecule has 0 heterocycles. The Morgan fingerprint density at radius 1 is 1.50 bits per heavy atom. The summed E-state index contributed by atoms with van der Waals surface area (Å²) in [6.07, 6.45) is 0. The molecule has 14 heavy (non-hydrogen) atoms. The summed E-state index contributed by atoms with van der Waals surface area (Å²) in [6.45, 7) is 6.18. The Kier molecular flexibility index (Phi) is 6.11. The van der Waals surface area contributed by atoms with Crippen LogP contribution in [0.25, 0.3) is 0 Å². The molecule has 0 aliphatic heterocycles. The van der Waals surface area contributed by atoms with Crippen molar-refractivity contribution in [3.05, 3.63) is 12.2 Å². The maximum atomic E-state index is 11.1. The lowest BCUT2D eigenvalue weighted by Crippen LogP contribution is -2.10. The molecule has 0 amide bonds. The van der Waals surface area contributed by atoms with Gasteiger partial charge < -0.3 is 9.26 Å². The SMILES string of the molecule is C=C(C)C(=O)OCCOP(C)(=O)OS. The van der Waals surface area contributed by atoms with E-state index in [1.165, 1.54) is 13.6 Å². The fourth-order valence-electron chi connectivity index (χ4n) is 0.484. The second kappa shape index (κ2) is 6.24. The molecule has 0 saturated heterocycles. The number of hydrogen-bond acceptors (Lipinski definition) is 6. The average Bonchev–Trinajstić information content (AvgIpc) is 2.12. The molecule has 0 aliphatic rings. The second-order valence-electron chi connectivity index (χ2n) is 2.60. The summed E-state index contributed by atoms with van der Waals surface area (Å²) in [4.78, 5) is 10.8. The van der Waals surface area contributed by atoms with Gasteiger partial charge in [0.2, 0.25) is 0 Å². The first-order valence-corrected chi connectivity index (χ1v) is 6.12. The van der Waals surface area contributed by atoms with Crippen LogP contribution < -0.4 is 0 Å². The average molecular weight is 240 g/mol. The fraction of sp³-hybridized carbons (Fsp3) is 0.571. The second-order valence-corrected chi connectivity index (χ2v) is 5.06. The molecule has 0 radical (unpaired) electrons. The fourth-order valence-corrected chi connectivity index (χ4v) is 1.08. The molecule has 82 valence electrons. The molecule has 0 aromatic carbocycles. The zero-order valence-corrected chi connectivity index (χ0v) is 9.85. The number of rotatable bonds is 6. The molecule has 7 heteroatoms. The van der Waals surface area contributed by atoms with Crippen LogP contribution in [-0.2, 0) is 22.6 Å². The van der Waals surface area contributed by atoms with Gasteiger partial charge in [0.05, 0.1) is 6.61 Å².